The number of furan rings is 1. The summed E-state index contributed by atoms with van der Waals surface area (Å²) in [5.41, 5.74) is 1.62. The Labute approximate surface area is 172 Å². The van der Waals surface area contributed by atoms with E-state index in [-0.39, 0.29) is 23.1 Å². The zero-order valence-corrected chi connectivity index (χ0v) is 16.6. The van der Waals surface area contributed by atoms with Crippen LogP contribution in [0.2, 0.25) is 0 Å². The molecule has 3 aromatic rings. The van der Waals surface area contributed by atoms with Gasteiger partial charge in [-0.05, 0) is 50.5 Å². The fourth-order valence-corrected chi connectivity index (χ4v) is 3.67. The predicted molar refractivity (Wildman–Crippen MR) is 111 cm³/mol. The second kappa shape index (κ2) is 8.36. The van der Waals surface area contributed by atoms with Gasteiger partial charge in [-0.15, -0.1) is 0 Å². The van der Waals surface area contributed by atoms with Crippen LogP contribution in [0.15, 0.2) is 57.9 Å². The molecule has 154 valence electrons. The van der Waals surface area contributed by atoms with Crippen LogP contribution in [-0.4, -0.2) is 39.3 Å². The first-order valence-corrected chi connectivity index (χ1v) is 9.85. The summed E-state index contributed by atoms with van der Waals surface area (Å²) in [5.74, 6) is 0.127. The zero-order chi connectivity index (χ0) is 21.1. The molecule has 2 N–H and O–H groups in total. The van der Waals surface area contributed by atoms with Crippen molar-refractivity contribution in [2.75, 3.05) is 11.9 Å². The molecule has 2 aromatic heterocycles. The predicted octanol–water partition coefficient (Wildman–Crippen LogP) is 2.97. The standard InChI is InChI=1S/C22H22N4O4/c1-14-12-19(27)25-20(23-14)15-6-4-7-16(13-15)24-21(28)17-8-2-3-10-26(17)22(29)18-9-5-11-30-18/h4-7,9,11-13,17H,2-3,8,10H2,1H3,(H,24,28)(H,23,25,27). The first-order valence-electron chi connectivity index (χ1n) is 9.85. The second-order valence-corrected chi connectivity index (χ2v) is 7.29. The highest BCUT2D eigenvalue weighted by molar-refractivity contribution is 6.00. The largest absolute Gasteiger partial charge is 0.459 e. The summed E-state index contributed by atoms with van der Waals surface area (Å²) in [4.78, 5) is 46.1. The molecule has 0 radical (unpaired) electrons. The van der Waals surface area contributed by atoms with E-state index in [0.717, 1.165) is 12.8 Å². The molecule has 0 saturated carbocycles. The molecule has 0 bridgehead atoms. The number of aryl methyl sites for hydroxylation is 1. The molecule has 1 aliphatic heterocycles. The first-order chi connectivity index (χ1) is 14.5. The Balaban J connectivity index is 1.54. The summed E-state index contributed by atoms with van der Waals surface area (Å²) in [6.07, 6.45) is 3.75. The number of aromatic amines is 1. The third-order valence-electron chi connectivity index (χ3n) is 5.07. The lowest BCUT2D eigenvalue weighted by molar-refractivity contribution is -0.121. The van der Waals surface area contributed by atoms with Crippen molar-refractivity contribution in [3.63, 3.8) is 0 Å². The number of nitrogens with zero attached hydrogens (tertiary/aromatic N) is 2. The van der Waals surface area contributed by atoms with Gasteiger partial charge in [0, 0.05) is 29.6 Å². The molecular weight excluding hydrogens is 384 g/mol. The van der Waals surface area contributed by atoms with Crippen molar-refractivity contribution >= 4 is 17.5 Å². The number of nitrogens with one attached hydrogen (secondary N) is 2. The van der Waals surface area contributed by atoms with Gasteiger partial charge in [0.2, 0.25) is 5.91 Å². The van der Waals surface area contributed by atoms with E-state index in [9.17, 15) is 14.4 Å². The van der Waals surface area contributed by atoms with E-state index in [4.69, 9.17) is 4.42 Å². The molecular formula is C22H22N4O4. The van der Waals surface area contributed by atoms with Gasteiger partial charge in [-0.25, -0.2) is 4.98 Å². The smallest absolute Gasteiger partial charge is 0.290 e. The van der Waals surface area contributed by atoms with Gasteiger partial charge in [-0.2, -0.15) is 0 Å². The monoisotopic (exact) mass is 406 g/mol. The highest BCUT2D eigenvalue weighted by atomic mass is 16.3. The highest BCUT2D eigenvalue weighted by Gasteiger charge is 2.33. The fraction of sp³-hybridized carbons (Fsp3) is 0.273. The normalized spacial score (nSPS) is 16.3. The topological polar surface area (TPSA) is 108 Å². The van der Waals surface area contributed by atoms with Crippen LogP contribution in [0.5, 0.6) is 0 Å². The zero-order valence-electron chi connectivity index (χ0n) is 16.6. The molecule has 1 aliphatic rings. The van der Waals surface area contributed by atoms with E-state index in [1.165, 1.54) is 12.3 Å². The van der Waals surface area contributed by atoms with Gasteiger partial charge < -0.3 is 19.6 Å². The number of H-pyrrole nitrogens is 1. The number of benzene rings is 1. The maximum absolute atomic E-state index is 13.0. The number of anilines is 1. The van der Waals surface area contributed by atoms with Gasteiger partial charge in [0.05, 0.1) is 6.26 Å². The number of piperidine rings is 1. The minimum atomic E-state index is -0.572. The first kappa shape index (κ1) is 19.6. The van der Waals surface area contributed by atoms with Crippen molar-refractivity contribution in [2.24, 2.45) is 0 Å². The summed E-state index contributed by atoms with van der Waals surface area (Å²) in [6.45, 7) is 2.25. The average Bonchev–Trinajstić information content (AvgIpc) is 3.27. The number of carbonyl (C=O) groups is 2. The van der Waals surface area contributed by atoms with Crippen LogP contribution >= 0.6 is 0 Å². The van der Waals surface area contributed by atoms with Gasteiger partial charge in [0.25, 0.3) is 11.5 Å². The Kier molecular flexibility index (Phi) is 5.47. The van der Waals surface area contributed by atoms with E-state index in [1.807, 2.05) is 0 Å². The Morgan fingerprint density at radius 3 is 2.83 bits per heavy atom. The number of rotatable bonds is 4. The molecule has 1 atom stereocenters. The molecule has 1 fully saturated rings. The summed E-state index contributed by atoms with van der Waals surface area (Å²) in [5, 5.41) is 2.90. The number of aromatic nitrogens is 2. The van der Waals surface area contributed by atoms with Gasteiger partial charge in [0.1, 0.15) is 11.9 Å². The van der Waals surface area contributed by atoms with E-state index < -0.39 is 6.04 Å². The fourth-order valence-electron chi connectivity index (χ4n) is 3.67. The molecule has 3 heterocycles. The van der Waals surface area contributed by atoms with E-state index >= 15 is 0 Å². The number of amides is 2. The van der Waals surface area contributed by atoms with Crippen LogP contribution in [0, 0.1) is 6.92 Å². The Hall–Kier alpha value is -3.68. The highest BCUT2D eigenvalue weighted by Crippen LogP contribution is 2.23. The Bertz CT molecular complexity index is 1120. The van der Waals surface area contributed by atoms with Crippen molar-refractivity contribution in [1.29, 1.82) is 0 Å². The SMILES string of the molecule is Cc1cc(=O)[nH]c(-c2cccc(NC(=O)C3CCCCN3C(=O)c3ccco3)c2)n1. The lowest BCUT2D eigenvalue weighted by atomic mass is 10.0. The molecule has 8 nitrogen and oxygen atoms in total. The number of hydrogen-bond acceptors (Lipinski definition) is 5. The van der Waals surface area contributed by atoms with Gasteiger partial charge in [-0.3, -0.25) is 14.4 Å². The maximum atomic E-state index is 13.0. The summed E-state index contributed by atoms with van der Waals surface area (Å²) in [6, 6.07) is 11.2. The van der Waals surface area contributed by atoms with Gasteiger partial charge in [-0.1, -0.05) is 12.1 Å². The number of carbonyl (C=O) groups excluding carboxylic acids is 2. The van der Waals surface area contributed by atoms with Crippen molar-refractivity contribution in [3.8, 4) is 11.4 Å². The number of hydrogen-bond donors (Lipinski definition) is 2. The van der Waals surface area contributed by atoms with Gasteiger partial charge >= 0.3 is 0 Å². The molecule has 0 aliphatic carbocycles. The Morgan fingerprint density at radius 1 is 1.20 bits per heavy atom. The lowest BCUT2D eigenvalue weighted by Crippen LogP contribution is -2.49. The molecule has 4 rings (SSSR count). The third-order valence-corrected chi connectivity index (χ3v) is 5.07. The minimum Gasteiger partial charge on any atom is -0.459 e. The van der Waals surface area contributed by atoms with Crippen molar-refractivity contribution in [3.05, 3.63) is 70.5 Å². The Morgan fingerprint density at radius 2 is 2.07 bits per heavy atom. The number of likely N-dealkylation sites (tertiary alicyclic amines) is 1. The molecule has 0 spiro atoms. The van der Waals surface area contributed by atoms with Crippen LogP contribution in [0.4, 0.5) is 5.69 Å². The summed E-state index contributed by atoms with van der Waals surface area (Å²) in [7, 11) is 0. The third kappa shape index (κ3) is 4.17. The summed E-state index contributed by atoms with van der Waals surface area (Å²) < 4.78 is 5.22. The van der Waals surface area contributed by atoms with Crippen LogP contribution < -0.4 is 10.9 Å². The lowest BCUT2D eigenvalue weighted by Gasteiger charge is -2.34. The molecule has 30 heavy (non-hydrogen) atoms. The maximum Gasteiger partial charge on any atom is 0.290 e. The molecule has 8 heteroatoms. The van der Waals surface area contributed by atoms with Crippen LogP contribution in [0.1, 0.15) is 35.5 Å². The van der Waals surface area contributed by atoms with Crippen LogP contribution in [-0.2, 0) is 4.79 Å². The van der Waals surface area contributed by atoms with E-state index in [0.29, 0.717) is 35.7 Å². The van der Waals surface area contributed by atoms with Crippen molar-refractivity contribution in [1.82, 2.24) is 14.9 Å². The van der Waals surface area contributed by atoms with Crippen LogP contribution in [0.25, 0.3) is 11.4 Å². The minimum absolute atomic E-state index is 0.228. The second-order valence-electron chi connectivity index (χ2n) is 7.29. The quantitative estimate of drug-likeness (QED) is 0.692. The van der Waals surface area contributed by atoms with Crippen molar-refractivity contribution in [2.45, 2.75) is 32.2 Å². The van der Waals surface area contributed by atoms with Crippen molar-refractivity contribution < 1.29 is 14.0 Å². The molecule has 1 unspecified atom stereocenters. The van der Waals surface area contributed by atoms with Gasteiger partial charge in [0.15, 0.2) is 5.76 Å². The average molecular weight is 406 g/mol. The van der Waals surface area contributed by atoms with E-state index in [1.54, 1.807) is 48.2 Å². The summed E-state index contributed by atoms with van der Waals surface area (Å²) >= 11 is 0. The molecule has 1 saturated heterocycles. The van der Waals surface area contributed by atoms with Crippen LogP contribution in [0.3, 0.4) is 0 Å². The molecule has 1 aromatic carbocycles. The van der Waals surface area contributed by atoms with E-state index in [2.05, 4.69) is 15.3 Å². The molecule has 2 amide bonds.